The molecule has 4 heterocycles. The predicted octanol–water partition coefficient (Wildman–Crippen LogP) is -0.427. The van der Waals surface area contributed by atoms with E-state index in [1.807, 2.05) is 9.58 Å². The molecule has 2 atom stereocenters. The van der Waals surface area contributed by atoms with Crippen LogP contribution in [0.5, 0.6) is 0 Å². The summed E-state index contributed by atoms with van der Waals surface area (Å²) in [6.45, 7) is 2.67. The van der Waals surface area contributed by atoms with Gasteiger partial charge in [0.1, 0.15) is 0 Å². The molecule has 3 aliphatic rings. The van der Waals surface area contributed by atoms with Crippen LogP contribution in [-0.2, 0) is 20.9 Å². The molecule has 118 valence electrons. The van der Waals surface area contributed by atoms with Crippen molar-refractivity contribution >= 4 is 11.8 Å². The van der Waals surface area contributed by atoms with Crippen LogP contribution >= 0.6 is 0 Å². The summed E-state index contributed by atoms with van der Waals surface area (Å²) in [6.07, 6.45) is 4.01. The Morgan fingerprint density at radius 3 is 3.14 bits per heavy atom. The van der Waals surface area contributed by atoms with Gasteiger partial charge < -0.3 is 14.5 Å². The minimum atomic E-state index is 0.0148. The van der Waals surface area contributed by atoms with Crippen LogP contribution in [0.25, 0.3) is 0 Å². The third-order valence-electron chi connectivity index (χ3n) is 4.78. The fourth-order valence-electron chi connectivity index (χ4n) is 3.54. The van der Waals surface area contributed by atoms with Crippen LogP contribution in [0.15, 0.2) is 6.20 Å². The van der Waals surface area contributed by atoms with Crippen LogP contribution in [0.2, 0.25) is 0 Å². The van der Waals surface area contributed by atoms with Crippen LogP contribution < -0.4 is 0 Å². The summed E-state index contributed by atoms with van der Waals surface area (Å²) in [7, 11) is 0. The van der Waals surface area contributed by atoms with E-state index in [0.717, 1.165) is 18.5 Å². The van der Waals surface area contributed by atoms with E-state index in [1.54, 1.807) is 11.1 Å². The van der Waals surface area contributed by atoms with E-state index in [4.69, 9.17) is 4.74 Å². The van der Waals surface area contributed by atoms with Gasteiger partial charge >= 0.3 is 0 Å². The van der Waals surface area contributed by atoms with Crippen molar-refractivity contribution in [1.82, 2.24) is 24.8 Å². The van der Waals surface area contributed by atoms with Crippen molar-refractivity contribution in [3.63, 3.8) is 0 Å². The summed E-state index contributed by atoms with van der Waals surface area (Å²) < 4.78 is 7.73. The van der Waals surface area contributed by atoms with Crippen molar-refractivity contribution in [3.05, 3.63) is 11.9 Å². The lowest BCUT2D eigenvalue weighted by Crippen LogP contribution is -2.52. The van der Waals surface area contributed by atoms with Crippen LogP contribution in [0.4, 0.5) is 0 Å². The first kappa shape index (κ1) is 13.7. The van der Waals surface area contributed by atoms with E-state index in [9.17, 15) is 9.59 Å². The molecule has 8 heteroatoms. The zero-order valence-electron chi connectivity index (χ0n) is 12.3. The minimum absolute atomic E-state index is 0.0148. The van der Waals surface area contributed by atoms with Crippen molar-refractivity contribution in [2.24, 2.45) is 0 Å². The van der Waals surface area contributed by atoms with Gasteiger partial charge in [-0.3, -0.25) is 9.59 Å². The molecule has 22 heavy (non-hydrogen) atoms. The number of hydrogen-bond donors (Lipinski definition) is 0. The maximum absolute atomic E-state index is 12.5. The molecule has 0 unspecified atom stereocenters. The molecule has 4 rings (SSSR count). The molecule has 2 fully saturated rings. The Balaban J connectivity index is 1.45. The third kappa shape index (κ3) is 2.27. The lowest BCUT2D eigenvalue weighted by Gasteiger charge is -2.41. The van der Waals surface area contributed by atoms with Crippen molar-refractivity contribution in [1.29, 1.82) is 0 Å². The molecule has 0 aromatic carbocycles. The number of piperidine rings is 1. The summed E-state index contributed by atoms with van der Waals surface area (Å²) in [5, 5.41) is 8.07. The van der Waals surface area contributed by atoms with Gasteiger partial charge in [-0.25, -0.2) is 4.68 Å². The second kappa shape index (κ2) is 5.35. The maximum Gasteiger partial charge on any atom is 0.242 e. The van der Waals surface area contributed by atoms with Crippen molar-refractivity contribution in [2.45, 2.75) is 38.0 Å². The van der Waals surface area contributed by atoms with Gasteiger partial charge in [0.25, 0.3) is 0 Å². The Bertz CT molecular complexity index is 601. The predicted molar refractivity (Wildman–Crippen MR) is 74.6 cm³/mol. The number of hydrogen-bond acceptors (Lipinski definition) is 5. The first-order valence-corrected chi connectivity index (χ1v) is 7.78. The minimum Gasteiger partial charge on any atom is -0.370 e. The van der Waals surface area contributed by atoms with Crippen LogP contribution in [0.3, 0.4) is 0 Å². The molecule has 0 bridgehead atoms. The standard InChI is InChI=1S/C14H19N5O3/c20-13-2-1-4-17(13)8-14(21)18-5-3-12-11(7-18)19-10(9-22-12)6-15-16-19/h6,11-12H,1-5,7-9H2/t11-,12+/m0/s1. The smallest absolute Gasteiger partial charge is 0.242 e. The molecule has 3 aliphatic heterocycles. The molecule has 8 nitrogen and oxygen atoms in total. The third-order valence-corrected chi connectivity index (χ3v) is 4.78. The Labute approximate surface area is 128 Å². The number of amides is 2. The highest BCUT2D eigenvalue weighted by Gasteiger charge is 2.38. The molecule has 2 amide bonds. The highest BCUT2D eigenvalue weighted by atomic mass is 16.5. The second-order valence-corrected chi connectivity index (χ2v) is 6.13. The van der Waals surface area contributed by atoms with Crippen molar-refractivity contribution in [3.8, 4) is 0 Å². The Hall–Kier alpha value is -1.96. The largest absolute Gasteiger partial charge is 0.370 e. The number of carbonyl (C=O) groups is 2. The summed E-state index contributed by atoms with van der Waals surface area (Å²) in [5.41, 5.74) is 0.949. The number of rotatable bonds is 2. The van der Waals surface area contributed by atoms with Crippen LogP contribution in [-0.4, -0.2) is 68.9 Å². The van der Waals surface area contributed by atoms with E-state index in [0.29, 0.717) is 32.7 Å². The maximum atomic E-state index is 12.5. The summed E-state index contributed by atoms with van der Waals surface area (Å²) >= 11 is 0. The van der Waals surface area contributed by atoms with Gasteiger partial charge in [0.2, 0.25) is 11.8 Å². The topological polar surface area (TPSA) is 80.6 Å². The highest BCUT2D eigenvalue weighted by Crippen LogP contribution is 2.30. The molecule has 2 saturated heterocycles. The zero-order chi connectivity index (χ0) is 15.1. The Morgan fingerprint density at radius 1 is 1.41 bits per heavy atom. The van der Waals surface area contributed by atoms with E-state index in [1.165, 1.54) is 0 Å². The quantitative estimate of drug-likeness (QED) is 0.741. The lowest BCUT2D eigenvalue weighted by molar-refractivity contribution is -0.143. The molecule has 0 aliphatic carbocycles. The summed E-state index contributed by atoms with van der Waals surface area (Å²) in [5.74, 6) is 0.101. The first-order chi connectivity index (χ1) is 10.7. The number of fused-ring (bicyclic) bond motifs is 3. The molecular weight excluding hydrogens is 286 g/mol. The van der Waals surface area contributed by atoms with Crippen LogP contribution in [0.1, 0.15) is 31.0 Å². The summed E-state index contributed by atoms with van der Waals surface area (Å²) in [4.78, 5) is 27.6. The highest BCUT2D eigenvalue weighted by molar-refractivity contribution is 5.86. The van der Waals surface area contributed by atoms with E-state index >= 15 is 0 Å². The average molecular weight is 305 g/mol. The van der Waals surface area contributed by atoms with Gasteiger partial charge in [-0.2, -0.15) is 0 Å². The number of carbonyl (C=O) groups excluding carboxylic acids is 2. The second-order valence-electron chi connectivity index (χ2n) is 6.13. The van der Waals surface area contributed by atoms with E-state index in [2.05, 4.69) is 10.3 Å². The molecule has 0 N–H and O–H groups in total. The fraction of sp³-hybridized carbons (Fsp3) is 0.714. The average Bonchev–Trinajstić information content (AvgIpc) is 3.16. The zero-order valence-corrected chi connectivity index (χ0v) is 12.3. The first-order valence-electron chi connectivity index (χ1n) is 7.78. The van der Waals surface area contributed by atoms with Gasteiger partial charge in [0.05, 0.1) is 37.2 Å². The van der Waals surface area contributed by atoms with Gasteiger partial charge in [0.15, 0.2) is 0 Å². The fourth-order valence-corrected chi connectivity index (χ4v) is 3.54. The summed E-state index contributed by atoms with van der Waals surface area (Å²) in [6, 6.07) is 0.0261. The van der Waals surface area contributed by atoms with Crippen molar-refractivity contribution in [2.75, 3.05) is 26.2 Å². The van der Waals surface area contributed by atoms with E-state index in [-0.39, 0.29) is 30.5 Å². The Morgan fingerprint density at radius 2 is 2.32 bits per heavy atom. The molecular formula is C14H19N5O3. The number of likely N-dealkylation sites (tertiary alicyclic amines) is 2. The molecule has 0 saturated carbocycles. The molecule has 1 aromatic rings. The van der Waals surface area contributed by atoms with Gasteiger partial charge in [0, 0.05) is 26.1 Å². The number of nitrogens with zero attached hydrogens (tertiary/aromatic N) is 5. The SMILES string of the molecule is O=C1CCCN1CC(=O)N1CC[C@H]2OCc3cnnn3[C@H]2C1. The van der Waals surface area contributed by atoms with Crippen LogP contribution in [0, 0.1) is 0 Å². The van der Waals surface area contributed by atoms with Gasteiger partial charge in [-0.15, -0.1) is 5.10 Å². The molecule has 1 aromatic heterocycles. The monoisotopic (exact) mass is 305 g/mol. The number of ether oxygens (including phenoxy) is 1. The number of aromatic nitrogens is 3. The van der Waals surface area contributed by atoms with E-state index < -0.39 is 0 Å². The molecule has 0 radical (unpaired) electrons. The normalized spacial score (nSPS) is 27.7. The van der Waals surface area contributed by atoms with Crippen molar-refractivity contribution < 1.29 is 14.3 Å². The Kier molecular flexibility index (Phi) is 3.33. The van der Waals surface area contributed by atoms with Gasteiger partial charge in [-0.1, -0.05) is 5.21 Å². The van der Waals surface area contributed by atoms with Gasteiger partial charge in [-0.05, 0) is 12.8 Å². The molecule has 0 spiro atoms. The lowest BCUT2D eigenvalue weighted by atomic mass is 10.0.